The van der Waals surface area contributed by atoms with Crippen molar-refractivity contribution in [3.63, 3.8) is 0 Å². The van der Waals surface area contributed by atoms with Crippen LogP contribution in [0.3, 0.4) is 0 Å². The van der Waals surface area contributed by atoms with E-state index in [0.717, 1.165) is 6.20 Å². The topological polar surface area (TPSA) is 71.1 Å². The normalized spacial score (nSPS) is 19.3. The van der Waals surface area contributed by atoms with Crippen LogP contribution in [0.2, 0.25) is 0 Å². The monoisotopic (exact) mass is 223 g/mol. The minimum Gasteiger partial charge on any atom is -0.344 e. The number of pyridine rings is 1. The molecule has 2 rings (SSSR count). The van der Waals surface area contributed by atoms with Gasteiger partial charge in [-0.05, 0) is 6.42 Å². The van der Waals surface area contributed by atoms with Crippen molar-refractivity contribution in [2.24, 2.45) is 0 Å². The zero-order valence-electron chi connectivity index (χ0n) is 8.37. The van der Waals surface area contributed by atoms with Crippen molar-refractivity contribution in [3.05, 3.63) is 24.3 Å². The molecule has 84 valence electrons. The van der Waals surface area contributed by atoms with E-state index >= 15 is 0 Å². The Morgan fingerprint density at radius 2 is 2.38 bits per heavy atom. The lowest BCUT2D eigenvalue weighted by Gasteiger charge is -2.10. The number of carbonyl (C=O) groups excluding carboxylic acids is 2. The van der Waals surface area contributed by atoms with Gasteiger partial charge in [0.25, 0.3) is 0 Å². The number of halogens is 1. The van der Waals surface area contributed by atoms with Crippen LogP contribution in [0.1, 0.15) is 12.8 Å². The van der Waals surface area contributed by atoms with E-state index in [-0.39, 0.29) is 17.5 Å². The predicted octanol–water partition coefficient (Wildman–Crippen LogP) is 0.438. The van der Waals surface area contributed by atoms with Crippen LogP contribution in [-0.4, -0.2) is 22.8 Å². The van der Waals surface area contributed by atoms with Gasteiger partial charge in [0, 0.05) is 12.5 Å². The van der Waals surface area contributed by atoms with Crippen molar-refractivity contribution in [2.45, 2.75) is 18.9 Å². The number of amides is 2. The number of carbonyl (C=O) groups is 2. The Balaban J connectivity index is 1.99. The molecular weight excluding hydrogens is 213 g/mol. The molecule has 16 heavy (non-hydrogen) atoms. The molecule has 0 spiro atoms. The minimum absolute atomic E-state index is 0.141. The van der Waals surface area contributed by atoms with Gasteiger partial charge in [0.1, 0.15) is 11.9 Å². The summed E-state index contributed by atoms with van der Waals surface area (Å²) in [5.74, 6) is -1.01. The van der Waals surface area contributed by atoms with E-state index in [4.69, 9.17) is 0 Å². The fourth-order valence-electron chi connectivity index (χ4n) is 1.52. The molecule has 0 bridgehead atoms. The Hall–Kier alpha value is -1.98. The summed E-state index contributed by atoms with van der Waals surface area (Å²) in [6.45, 7) is 0. The van der Waals surface area contributed by atoms with Gasteiger partial charge in [-0.3, -0.25) is 14.6 Å². The molecule has 5 nitrogen and oxygen atoms in total. The third kappa shape index (κ3) is 2.33. The zero-order valence-corrected chi connectivity index (χ0v) is 8.37. The van der Waals surface area contributed by atoms with E-state index in [9.17, 15) is 14.0 Å². The highest BCUT2D eigenvalue weighted by atomic mass is 19.1. The van der Waals surface area contributed by atoms with Gasteiger partial charge < -0.3 is 10.6 Å². The summed E-state index contributed by atoms with van der Waals surface area (Å²) in [6.07, 6.45) is 3.21. The van der Waals surface area contributed by atoms with Gasteiger partial charge in [0.2, 0.25) is 11.8 Å². The molecule has 2 heterocycles. The molecule has 1 aliphatic rings. The first kappa shape index (κ1) is 10.5. The lowest BCUT2D eigenvalue weighted by atomic mass is 10.2. The molecule has 1 unspecified atom stereocenters. The number of nitrogens with one attached hydrogen (secondary N) is 2. The molecule has 1 aliphatic heterocycles. The first-order chi connectivity index (χ1) is 7.65. The average molecular weight is 223 g/mol. The largest absolute Gasteiger partial charge is 0.344 e. The maximum atomic E-state index is 12.8. The maximum Gasteiger partial charge on any atom is 0.247 e. The van der Waals surface area contributed by atoms with Crippen LogP contribution in [0.15, 0.2) is 18.5 Å². The minimum atomic E-state index is -0.532. The van der Waals surface area contributed by atoms with E-state index in [1.54, 1.807) is 0 Å². The maximum absolute atomic E-state index is 12.8. The van der Waals surface area contributed by atoms with Crippen LogP contribution < -0.4 is 10.6 Å². The van der Waals surface area contributed by atoms with Crippen molar-refractivity contribution in [2.75, 3.05) is 5.32 Å². The van der Waals surface area contributed by atoms with Crippen LogP contribution in [-0.2, 0) is 9.59 Å². The fraction of sp³-hybridized carbons (Fsp3) is 0.300. The molecule has 1 fully saturated rings. The summed E-state index contributed by atoms with van der Waals surface area (Å²) >= 11 is 0. The Morgan fingerprint density at radius 3 is 3.00 bits per heavy atom. The highest BCUT2D eigenvalue weighted by molar-refractivity contribution is 5.98. The molecule has 0 aromatic carbocycles. The van der Waals surface area contributed by atoms with Crippen LogP contribution in [0.5, 0.6) is 0 Å². The van der Waals surface area contributed by atoms with E-state index in [1.165, 1.54) is 12.3 Å². The number of hydrogen-bond donors (Lipinski definition) is 2. The van der Waals surface area contributed by atoms with Gasteiger partial charge >= 0.3 is 0 Å². The van der Waals surface area contributed by atoms with Gasteiger partial charge in [0.15, 0.2) is 0 Å². The van der Waals surface area contributed by atoms with Crippen molar-refractivity contribution in [1.29, 1.82) is 0 Å². The molecule has 6 heteroatoms. The van der Waals surface area contributed by atoms with Crippen LogP contribution in [0.25, 0.3) is 0 Å². The number of rotatable bonds is 2. The third-order valence-electron chi connectivity index (χ3n) is 2.28. The van der Waals surface area contributed by atoms with Gasteiger partial charge in [-0.15, -0.1) is 0 Å². The van der Waals surface area contributed by atoms with Crippen LogP contribution >= 0.6 is 0 Å². The summed E-state index contributed by atoms with van der Waals surface area (Å²) in [5, 5.41) is 5.01. The average Bonchev–Trinajstić information content (AvgIpc) is 2.65. The molecular formula is C10H10FN3O2. The van der Waals surface area contributed by atoms with Crippen molar-refractivity contribution in [1.82, 2.24) is 10.3 Å². The summed E-state index contributed by atoms with van der Waals surface area (Å²) in [7, 11) is 0. The Labute approximate surface area is 91.1 Å². The van der Waals surface area contributed by atoms with Crippen molar-refractivity contribution < 1.29 is 14.0 Å². The Morgan fingerprint density at radius 1 is 1.56 bits per heavy atom. The van der Waals surface area contributed by atoms with E-state index in [1.807, 2.05) is 0 Å². The highest BCUT2D eigenvalue weighted by Crippen LogP contribution is 2.11. The van der Waals surface area contributed by atoms with E-state index < -0.39 is 11.9 Å². The molecule has 1 saturated heterocycles. The molecule has 2 N–H and O–H groups in total. The summed E-state index contributed by atoms with van der Waals surface area (Å²) in [6, 6.07) is 0.637. The van der Waals surface area contributed by atoms with Gasteiger partial charge in [-0.25, -0.2) is 4.39 Å². The zero-order chi connectivity index (χ0) is 11.5. The number of aromatic nitrogens is 1. The van der Waals surface area contributed by atoms with E-state index in [2.05, 4.69) is 15.6 Å². The lowest BCUT2D eigenvalue weighted by Crippen LogP contribution is -2.37. The highest BCUT2D eigenvalue weighted by Gasteiger charge is 2.27. The summed E-state index contributed by atoms with van der Waals surface area (Å²) < 4.78 is 12.8. The first-order valence-corrected chi connectivity index (χ1v) is 4.86. The van der Waals surface area contributed by atoms with Crippen LogP contribution in [0.4, 0.5) is 10.1 Å². The second-order valence-electron chi connectivity index (χ2n) is 3.54. The van der Waals surface area contributed by atoms with Crippen molar-refractivity contribution >= 4 is 17.5 Å². The molecule has 0 saturated carbocycles. The lowest BCUT2D eigenvalue weighted by molar-refractivity contribution is -0.122. The molecule has 1 aromatic heterocycles. The Bertz CT molecular complexity index is 436. The number of anilines is 1. The van der Waals surface area contributed by atoms with Crippen LogP contribution in [0, 0.1) is 5.82 Å². The molecule has 2 amide bonds. The van der Waals surface area contributed by atoms with Gasteiger partial charge in [0.05, 0.1) is 18.1 Å². The second kappa shape index (κ2) is 4.26. The second-order valence-corrected chi connectivity index (χ2v) is 3.54. The van der Waals surface area contributed by atoms with Crippen molar-refractivity contribution in [3.8, 4) is 0 Å². The standard InChI is InChI=1S/C10H10FN3O2/c11-6-3-7(5-12-4-6)13-10(16)8-1-2-9(15)14-8/h3-5,8H,1-2H2,(H,13,16)(H,14,15). The number of hydrogen-bond acceptors (Lipinski definition) is 3. The molecule has 0 radical (unpaired) electrons. The quantitative estimate of drug-likeness (QED) is 0.764. The SMILES string of the molecule is O=C1CCC(C(=O)Nc2cncc(F)c2)N1. The summed E-state index contributed by atoms with van der Waals surface area (Å²) in [5.41, 5.74) is 0.283. The van der Waals surface area contributed by atoms with Gasteiger partial charge in [-0.1, -0.05) is 0 Å². The van der Waals surface area contributed by atoms with Gasteiger partial charge in [-0.2, -0.15) is 0 Å². The third-order valence-corrected chi connectivity index (χ3v) is 2.28. The summed E-state index contributed by atoms with van der Waals surface area (Å²) in [4.78, 5) is 26.1. The Kier molecular flexibility index (Phi) is 2.80. The smallest absolute Gasteiger partial charge is 0.247 e. The first-order valence-electron chi connectivity index (χ1n) is 4.86. The number of nitrogens with zero attached hydrogens (tertiary/aromatic N) is 1. The molecule has 1 aromatic rings. The molecule has 0 aliphatic carbocycles. The molecule has 1 atom stereocenters. The fourth-order valence-corrected chi connectivity index (χ4v) is 1.52. The van der Waals surface area contributed by atoms with E-state index in [0.29, 0.717) is 12.8 Å². The predicted molar refractivity (Wildman–Crippen MR) is 54.0 cm³/mol.